The van der Waals surface area contributed by atoms with Crippen LogP contribution in [0.1, 0.15) is 59.4 Å². The molecule has 0 spiro atoms. The predicted molar refractivity (Wildman–Crippen MR) is 180 cm³/mol. The number of carbonyl (C=O) groups excluding carboxylic acids is 2. The van der Waals surface area contributed by atoms with Crippen LogP contribution in [0.3, 0.4) is 0 Å². The number of carbonyl (C=O) groups is 2. The van der Waals surface area contributed by atoms with E-state index in [9.17, 15) is 9.59 Å². The molecule has 3 rings (SSSR count). The maximum absolute atomic E-state index is 13.3. The molecular formula is C35H50N4O3Si. The molecule has 0 radical (unpaired) electrons. The van der Waals surface area contributed by atoms with Gasteiger partial charge in [0.05, 0.1) is 12.6 Å². The lowest BCUT2D eigenvalue weighted by molar-refractivity contribution is -0.128. The number of unbranched alkanes of at least 4 members (excludes halogenated alkanes) is 1. The number of benzene rings is 3. The summed E-state index contributed by atoms with van der Waals surface area (Å²) in [4.78, 5) is 25.9. The molecule has 2 amide bonds. The fourth-order valence-corrected chi connectivity index (χ4v) is 9.90. The lowest BCUT2D eigenvalue weighted by Crippen LogP contribution is -2.66. The van der Waals surface area contributed by atoms with Crippen LogP contribution in [0.25, 0.3) is 0 Å². The summed E-state index contributed by atoms with van der Waals surface area (Å²) < 4.78 is 7.05. The van der Waals surface area contributed by atoms with Gasteiger partial charge in [-0.1, -0.05) is 107 Å². The molecule has 3 aromatic rings. The second-order valence-electron chi connectivity index (χ2n) is 12.6. The van der Waals surface area contributed by atoms with Crippen LogP contribution in [-0.4, -0.2) is 45.8 Å². The topological polar surface area (TPSA) is 105 Å². The number of rotatable bonds is 15. The largest absolute Gasteiger partial charge is 0.403 e. The van der Waals surface area contributed by atoms with Crippen molar-refractivity contribution in [3.05, 3.63) is 90.5 Å². The standard InChI is InChI=1S/C35H50N4O3Si/c1-26(2)32(36)34(41)39-31(19-13-14-24-37-6)33(40)38-28-22-20-27(21-23-28)25-42-43(35(3,4)5,29-15-9-7-10-16-29)30-17-11-8-12-18-30/h7-12,15-18,20-23,26,31-32,37H,13-14,19,24-25,36H2,1-6H3,(H,38,40)(H,39,41)/t31-,32-/m0/s1. The molecule has 8 heteroatoms. The van der Waals surface area contributed by atoms with Crippen molar-refractivity contribution < 1.29 is 14.0 Å². The normalized spacial score (nSPS) is 13.4. The first kappa shape index (κ1) is 34.2. The lowest BCUT2D eigenvalue weighted by Gasteiger charge is -2.43. The van der Waals surface area contributed by atoms with E-state index in [1.165, 1.54) is 10.4 Å². The predicted octanol–water partition coefficient (Wildman–Crippen LogP) is 4.56. The smallest absolute Gasteiger partial charge is 0.261 e. The maximum Gasteiger partial charge on any atom is 0.261 e. The molecule has 3 aromatic carbocycles. The van der Waals surface area contributed by atoms with E-state index in [2.05, 4.69) is 85.3 Å². The number of nitrogens with one attached hydrogen (secondary N) is 3. The summed E-state index contributed by atoms with van der Waals surface area (Å²) in [6, 6.07) is 27.6. The highest BCUT2D eigenvalue weighted by molar-refractivity contribution is 6.99. The zero-order valence-electron chi connectivity index (χ0n) is 26.7. The molecule has 5 N–H and O–H groups in total. The Kier molecular flexibility index (Phi) is 12.7. The molecule has 0 unspecified atom stereocenters. The zero-order chi connectivity index (χ0) is 31.5. The molecule has 0 saturated carbocycles. The van der Waals surface area contributed by atoms with Crippen molar-refractivity contribution in [2.75, 3.05) is 18.9 Å². The van der Waals surface area contributed by atoms with Gasteiger partial charge in [-0.25, -0.2) is 0 Å². The van der Waals surface area contributed by atoms with Gasteiger partial charge in [-0.15, -0.1) is 0 Å². The molecule has 0 bridgehead atoms. The highest BCUT2D eigenvalue weighted by Gasteiger charge is 2.50. The average Bonchev–Trinajstić information content (AvgIpc) is 2.99. The Labute approximate surface area is 259 Å². The second-order valence-corrected chi connectivity index (χ2v) is 16.9. The molecule has 2 atom stereocenters. The quantitative estimate of drug-likeness (QED) is 0.151. The van der Waals surface area contributed by atoms with Crippen molar-refractivity contribution in [3.8, 4) is 0 Å². The van der Waals surface area contributed by atoms with E-state index in [0.717, 1.165) is 24.9 Å². The Bertz CT molecular complexity index is 1240. The van der Waals surface area contributed by atoms with Crippen LogP contribution in [0.2, 0.25) is 5.04 Å². The van der Waals surface area contributed by atoms with Crippen LogP contribution in [-0.2, 0) is 20.6 Å². The minimum Gasteiger partial charge on any atom is -0.403 e. The molecule has 0 saturated heterocycles. The summed E-state index contributed by atoms with van der Waals surface area (Å²) in [5.41, 5.74) is 7.74. The van der Waals surface area contributed by atoms with Gasteiger partial charge in [0.15, 0.2) is 0 Å². The Hall–Kier alpha value is -3.30. The number of nitrogens with two attached hydrogens (primary N) is 1. The Morgan fingerprint density at radius 1 is 0.837 bits per heavy atom. The van der Waals surface area contributed by atoms with E-state index in [0.29, 0.717) is 18.7 Å². The van der Waals surface area contributed by atoms with Gasteiger partial charge in [0.1, 0.15) is 6.04 Å². The van der Waals surface area contributed by atoms with E-state index in [-0.39, 0.29) is 22.8 Å². The summed E-state index contributed by atoms with van der Waals surface area (Å²) in [5.74, 6) is -0.573. The van der Waals surface area contributed by atoms with Crippen molar-refractivity contribution in [1.29, 1.82) is 0 Å². The molecule has 0 heterocycles. The first-order valence-electron chi connectivity index (χ1n) is 15.3. The fraction of sp³-hybridized carbons (Fsp3) is 0.429. The van der Waals surface area contributed by atoms with Gasteiger partial charge in [-0.2, -0.15) is 0 Å². The van der Waals surface area contributed by atoms with Crippen LogP contribution >= 0.6 is 0 Å². The minimum atomic E-state index is -2.66. The SMILES string of the molecule is CNCCCC[C@H](NC(=O)[C@@H](N)C(C)C)C(=O)Nc1ccc(CO[Si](c2ccccc2)(c2ccccc2)C(C)(C)C)cc1. The molecule has 232 valence electrons. The second kappa shape index (κ2) is 16.0. The lowest BCUT2D eigenvalue weighted by atomic mass is 10.0. The van der Waals surface area contributed by atoms with E-state index in [4.69, 9.17) is 10.2 Å². The van der Waals surface area contributed by atoms with Gasteiger partial charge in [0.25, 0.3) is 8.32 Å². The van der Waals surface area contributed by atoms with Crippen molar-refractivity contribution in [2.24, 2.45) is 11.7 Å². The summed E-state index contributed by atoms with van der Waals surface area (Å²) in [6.07, 6.45) is 2.25. The molecule has 0 aliphatic rings. The molecule has 0 fully saturated rings. The van der Waals surface area contributed by atoms with Crippen molar-refractivity contribution in [2.45, 2.75) is 77.6 Å². The van der Waals surface area contributed by atoms with Crippen molar-refractivity contribution in [3.63, 3.8) is 0 Å². The van der Waals surface area contributed by atoms with E-state index in [1.54, 1.807) is 0 Å². The van der Waals surface area contributed by atoms with E-state index < -0.39 is 20.4 Å². The van der Waals surface area contributed by atoms with Gasteiger partial charge in [-0.05, 0) is 71.9 Å². The molecule has 0 aromatic heterocycles. The average molecular weight is 603 g/mol. The van der Waals surface area contributed by atoms with Crippen molar-refractivity contribution >= 4 is 36.2 Å². The van der Waals surface area contributed by atoms with Gasteiger partial charge >= 0.3 is 0 Å². The van der Waals surface area contributed by atoms with Crippen LogP contribution in [0, 0.1) is 5.92 Å². The van der Waals surface area contributed by atoms with Crippen LogP contribution in [0.4, 0.5) is 5.69 Å². The van der Waals surface area contributed by atoms with E-state index in [1.807, 2.05) is 57.3 Å². The molecule has 43 heavy (non-hydrogen) atoms. The van der Waals surface area contributed by atoms with Crippen LogP contribution in [0.15, 0.2) is 84.9 Å². The third-order valence-corrected chi connectivity index (χ3v) is 12.9. The van der Waals surface area contributed by atoms with Crippen molar-refractivity contribution in [1.82, 2.24) is 10.6 Å². The summed E-state index contributed by atoms with van der Waals surface area (Å²) in [7, 11) is -0.764. The van der Waals surface area contributed by atoms with Gasteiger partial charge in [0, 0.05) is 5.69 Å². The first-order chi connectivity index (χ1) is 20.5. The van der Waals surface area contributed by atoms with Gasteiger partial charge in [-0.3, -0.25) is 9.59 Å². The van der Waals surface area contributed by atoms with Gasteiger partial charge < -0.3 is 26.1 Å². The maximum atomic E-state index is 13.3. The summed E-state index contributed by atoms with van der Waals surface area (Å²) in [5, 5.41) is 11.3. The molecule has 7 nitrogen and oxygen atoms in total. The monoisotopic (exact) mass is 602 g/mol. The summed E-state index contributed by atoms with van der Waals surface area (Å²) >= 11 is 0. The number of anilines is 1. The zero-order valence-corrected chi connectivity index (χ0v) is 27.7. The Morgan fingerprint density at radius 3 is 1.88 bits per heavy atom. The molecule has 0 aliphatic carbocycles. The van der Waals surface area contributed by atoms with Crippen LogP contribution < -0.4 is 32.1 Å². The highest BCUT2D eigenvalue weighted by Crippen LogP contribution is 2.37. The summed E-state index contributed by atoms with van der Waals surface area (Å²) in [6.45, 7) is 11.9. The Morgan fingerprint density at radius 2 is 1.40 bits per heavy atom. The molecular weight excluding hydrogens is 552 g/mol. The number of amides is 2. The van der Waals surface area contributed by atoms with E-state index >= 15 is 0 Å². The molecule has 0 aliphatic heterocycles. The number of hydrogen-bond donors (Lipinski definition) is 4. The first-order valence-corrected chi connectivity index (χ1v) is 17.3. The minimum absolute atomic E-state index is 0.0216. The van der Waals surface area contributed by atoms with Crippen LogP contribution in [0.5, 0.6) is 0 Å². The Balaban J connectivity index is 1.76. The fourth-order valence-electron chi connectivity index (χ4n) is 5.36. The third kappa shape index (κ3) is 9.09. The third-order valence-electron chi connectivity index (χ3n) is 7.92. The number of hydrogen-bond acceptors (Lipinski definition) is 5. The van der Waals surface area contributed by atoms with Gasteiger partial charge in [0.2, 0.25) is 11.8 Å². The highest BCUT2D eigenvalue weighted by atomic mass is 28.4.